The molecule has 0 aliphatic carbocycles. The van der Waals surface area contributed by atoms with Crippen LogP contribution >= 0.6 is 0 Å². The van der Waals surface area contributed by atoms with Crippen LogP contribution in [0.3, 0.4) is 0 Å². The van der Waals surface area contributed by atoms with E-state index < -0.39 is 0 Å². The molecule has 33 heavy (non-hydrogen) atoms. The predicted octanol–water partition coefficient (Wildman–Crippen LogP) is 0.699. The van der Waals surface area contributed by atoms with Gasteiger partial charge in [-0.15, -0.1) is 5.10 Å². The van der Waals surface area contributed by atoms with Gasteiger partial charge in [0.25, 0.3) is 5.91 Å². The summed E-state index contributed by atoms with van der Waals surface area (Å²) in [6, 6.07) is 8.70. The minimum Gasteiger partial charge on any atom is -0.492 e. The normalized spacial score (nSPS) is 17.0. The Balaban J connectivity index is 1.54. The first-order valence-electron chi connectivity index (χ1n) is 10.6. The highest BCUT2D eigenvalue weighted by Gasteiger charge is 2.37. The Bertz CT molecular complexity index is 1180. The molecule has 0 radical (unpaired) electrons. The van der Waals surface area contributed by atoms with Gasteiger partial charge in [0, 0.05) is 24.2 Å². The summed E-state index contributed by atoms with van der Waals surface area (Å²) in [5.41, 5.74) is 3.25. The lowest BCUT2D eigenvalue weighted by Gasteiger charge is -2.34. The minimum absolute atomic E-state index is 0.113. The lowest BCUT2D eigenvalue weighted by molar-refractivity contribution is 0.0944. The second-order valence-electron chi connectivity index (χ2n) is 7.82. The third-order valence-electron chi connectivity index (χ3n) is 5.91. The summed E-state index contributed by atoms with van der Waals surface area (Å²) in [4.78, 5) is 14.3. The van der Waals surface area contributed by atoms with Crippen LogP contribution in [-0.2, 0) is 6.42 Å². The number of nitrogens with zero attached hydrogens (tertiary/aromatic N) is 5. The summed E-state index contributed by atoms with van der Waals surface area (Å²) in [6.07, 6.45) is 0.828. The number of ether oxygens (including phenoxy) is 3. The smallest absolute Gasteiger partial charge is 0.251 e. The number of carbonyl (C=O) groups is 1. The van der Waals surface area contributed by atoms with Gasteiger partial charge in [-0.05, 0) is 59.8 Å². The molecule has 3 heterocycles. The van der Waals surface area contributed by atoms with Gasteiger partial charge in [0.2, 0.25) is 12.5 Å². The van der Waals surface area contributed by atoms with Crippen molar-refractivity contribution in [1.82, 2.24) is 30.4 Å². The molecule has 11 heteroatoms. The standard InChI is InChI=1S/C22H24N6O5/c1-27-9-7-14-11-16-19(33-12-32-16)20(31-2)17(14)18(27)21-24-25-26-28(21)15-5-3-13(4-6-15)22(30)23-8-10-29/h3-6,11,18,29H,7-10,12H2,1-2H3,(H,23,30)/t18-/m1/s1. The minimum atomic E-state index is -0.277. The average Bonchev–Trinajstić information content (AvgIpc) is 3.51. The third-order valence-corrected chi connectivity index (χ3v) is 5.91. The lowest BCUT2D eigenvalue weighted by Crippen LogP contribution is -2.35. The van der Waals surface area contributed by atoms with E-state index in [4.69, 9.17) is 19.3 Å². The number of tetrazole rings is 1. The second-order valence-corrected chi connectivity index (χ2v) is 7.82. The van der Waals surface area contributed by atoms with Crippen molar-refractivity contribution in [2.75, 3.05) is 40.6 Å². The maximum atomic E-state index is 12.1. The molecule has 2 aliphatic heterocycles. The first-order chi connectivity index (χ1) is 16.1. The third kappa shape index (κ3) is 3.64. The molecule has 1 amide bonds. The number of rotatable bonds is 6. The fourth-order valence-corrected chi connectivity index (χ4v) is 4.33. The molecule has 1 aromatic heterocycles. The van der Waals surface area contributed by atoms with Gasteiger partial charge in [-0.3, -0.25) is 9.69 Å². The van der Waals surface area contributed by atoms with Crippen molar-refractivity contribution in [3.8, 4) is 22.9 Å². The summed E-state index contributed by atoms with van der Waals surface area (Å²) in [5.74, 6) is 2.27. The largest absolute Gasteiger partial charge is 0.492 e. The Kier molecular flexibility index (Phi) is 5.56. The number of fused-ring (bicyclic) bond motifs is 2. The monoisotopic (exact) mass is 452 g/mol. The number of likely N-dealkylation sites (N-methyl/N-ethyl adjacent to an activating group) is 1. The maximum Gasteiger partial charge on any atom is 0.251 e. The Morgan fingerprint density at radius 3 is 2.88 bits per heavy atom. The van der Waals surface area contributed by atoms with Gasteiger partial charge in [-0.2, -0.15) is 4.68 Å². The van der Waals surface area contributed by atoms with Gasteiger partial charge in [-0.25, -0.2) is 0 Å². The van der Waals surface area contributed by atoms with Crippen molar-refractivity contribution in [3.63, 3.8) is 0 Å². The highest BCUT2D eigenvalue weighted by molar-refractivity contribution is 5.94. The molecule has 0 unspecified atom stereocenters. The topological polar surface area (TPSA) is 124 Å². The van der Waals surface area contributed by atoms with E-state index in [0.717, 1.165) is 24.1 Å². The molecular weight excluding hydrogens is 428 g/mol. The van der Waals surface area contributed by atoms with Crippen LogP contribution in [0.1, 0.15) is 33.4 Å². The number of methoxy groups -OCH3 is 1. The van der Waals surface area contributed by atoms with Crippen molar-refractivity contribution in [2.45, 2.75) is 12.5 Å². The van der Waals surface area contributed by atoms with Crippen LogP contribution in [0, 0.1) is 0 Å². The number of amides is 1. The zero-order valence-corrected chi connectivity index (χ0v) is 18.3. The number of carbonyl (C=O) groups excluding carboxylic acids is 1. The number of nitrogens with one attached hydrogen (secondary N) is 1. The first kappa shape index (κ1) is 21.2. The first-order valence-corrected chi connectivity index (χ1v) is 10.6. The summed E-state index contributed by atoms with van der Waals surface area (Å²) in [7, 11) is 3.64. The maximum absolute atomic E-state index is 12.1. The molecule has 0 saturated heterocycles. The molecule has 172 valence electrons. The number of benzene rings is 2. The Labute approximate surface area is 189 Å². The number of hydrogen-bond acceptors (Lipinski definition) is 9. The average molecular weight is 452 g/mol. The molecule has 1 atom stereocenters. The molecule has 0 saturated carbocycles. The molecule has 0 fully saturated rings. The van der Waals surface area contributed by atoms with Gasteiger partial charge < -0.3 is 24.6 Å². The summed E-state index contributed by atoms with van der Waals surface area (Å²) < 4.78 is 18.7. The summed E-state index contributed by atoms with van der Waals surface area (Å²) in [5, 5.41) is 24.1. The van der Waals surface area contributed by atoms with Crippen molar-refractivity contribution < 1.29 is 24.1 Å². The summed E-state index contributed by atoms with van der Waals surface area (Å²) >= 11 is 0. The highest BCUT2D eigenvalue weighted by Crippen LogP contribution is 2.50. The fourth-order valence-electron chi connectivity index (χ4n) is 4.33. The SMILES string of the molecule is COc1c2c(cc3c1[C@H](c1nnnn1-c1ccc(C(=O)NCCO)cc1)N(C)CC3)OCO2. The molecule has 0 spiro atoms. The van der Waals surface area contributed by atoms with Crippen LogP contribution in [0.5, 0.6) is 17.2 Å². The van der Waals surface area contributed by atoms with E-state index in [0.29, 0.717) is 34.3 Å². The molecule has 2 aliphatic rings. The van der Waals surface area contributed by atoms with E-state index >= 15 is 0 Å². The van der Waals surface area contributed by atoms with Crippen LogP contribution in [0.2, 0.25) is 0 Å². The van der Waals surface area contributed by atoms with Crippen LogP contribution in [0.25, 0.3) is 5.69 Å². The van der Waals surface area contributed by atoms with E-state index in [9.17, 15) is 4.79 Å². The van der Waals surface area contributed by atoms with E-state index in [1.54, 1.807) is 36.1 Å². The fraction of sp³-hybridized carbons (Fsp3) is 0.364. The summed E-state index contributed by atoms with van der Waals surface area (Å²) in [6.45, 7) is 1.05. The van der Waals surface area contributed by atoms with E-state index in [2.05, 4.69) is 25.7 Å². The van der Waals surface area contributed by atoms with Crippen molar-refractivity contribution in [2.24, 2.45) is 0 Å². The Hall–Kier alpha value is -3.70. The van der Waals surface area contributed by atoms with E-state index in [1.165, 1.54) is 0 Å². The van der Waals surface area contributed by atoms with Gasteiger partial charge in [0.15, 0.2) is 17.3 Å². The molecule has 0 bridgehead atoms. The zero-order chi connectivity index (χ0) is 22.9. The van der Waals surface area contributed by atoms with Gasteiger partial charge in [0.1, 0.15) is 6.04 Å². The number of aliphatic hydroxyl groups is 1. The van der Waals surface area contributed by atoms with Crippen LogP contribution in [0.4, 0.5) is 0 Å². The lowest BCUT2D eigenvalue weighted by atomic mass is 9.90. The van der Waals surface area contributed by atoms with Crippen molar-refractivity contribution in [1.29, 1.82) is 0 Å². The van der Waals surface area contributed by atoms with Crippen molar-refractivity contribution >= 4 is 5.91 Å². The van der Waals surface area contributed by atoms with Crippen molar-refractivity contribution in [3.05, 3.63) is 52.8 Å². The van der Waals surface area contributed by atoms with Crippen LogP contribution in [0.15, 0.2) is 30.3 Å². The Morgan fingerprint density at radius 2 is 2.12 bits per heavy atom. The predicted molar refractivity (Wildman–Crippen MR) is 116 cm³/mol. The van der Waals surface area contributed by atoms with Gasteiger partial charge >= 0.3 is 0 Å². The van der Waals surface area contributed by atoms with Crippen LogP contribution < -0.4 is 19.5 Å². The van der Waals surface area contributed by atoms with Gasteiger partial charge in [0.05, 0.1) is 19.4 Å². The molecule has 5 rings (SSSR count). The van der Waals surface area contributed by atoms with Gasteiger partial charge in [-0.1, -0.05) is 0 Å². The quantitative estimate of drug-likeness (QED) is 0.556. The van der Waals surface area contributed by atoms with E-state index in [1.807, 2.05) is 13.1 Å². The van der Waals surface area contributed by atoms with Crippen LogP contribution in [-0.4, -0.2) is 76.8 Å². The number of aliphatic hydroxyl groups excluding tert-OH is 1. The number of aromatic nitrogens is 4. The zero-order valence-electron chi connectivity index (χ0n) is 18.3. The van der Waals surface area contributed by atoms with E-state index in [-0.39, 0.29) is 31.9 Å². The Morgan fingerprint density at radius 1 is 1.30 bits per heavy atom. The molecule has 2 aromatic carbocycles. The molecule has 2 N–H and O–H groups in total. The number of hydrogen-bond donors (Lipinski definition) is 2. The second kappa shape index (κ2) is 8.68. The highest BCUT2D eigenvalue weighted by atomic mass is 16.7. The molecule has 11 nitrogen and oxygen atoms in total. The molecular formula is C22H24N6O5. The molecule has 3 aromatic rings.